The van der Waals surface area contributed by atoms with E-state index < -0.39 is 5.97 Å². The van der Waals surface area contributed by atoms with E-state index in [0.29, 0.717) is 25.9 Å². The van der Waals surface area contributed by atoms with Crippen molar-refractivity contribution in [3.8, 4) is 5.75 Å². The molecule has 0 aliphatic heterocycles. The van der Waals surface area contributed by atoms with Crippen LogP contribution in [-0.2, 0) is 11.2 Å². The predicted molar refractivity (Wildman–Crippen MR) is 79.6 cm³/mol. The summed E-state index contributed by atoms with van der Waals surface area (Å²) < 4.78 is 5.24. The molecule has 0 bridgehead atoms. The Morgan fingerprint density at radius 3 is 2.67 bits per heavy atom. The number of carbonyl (C=O) groups is 2. The number of hydrogen-bond donors (Lipinski definition) is 2. The maximum atomic E-state index is 11.9. The molecule has 0 aromatic heterocycles. The lowest BCUT2D eigenvalue weighted by molar-refractivity contribution is -0.137. The van der Waals surface area contributed by atoms with E-state index in [2.05, 4.69) is 5.32 Å². The molecule has 0 spiro atoms. The monoisotopic (exact) mass is 294 g/mol. The van der Waals surface area contributed by atoms with Crippen LogP contribution in [0.1, 0.15) is 18.9 Å². The number of nitrogens with one attached hydrogen (secondary N) is 1. The number of nitrogens with zero attached hydrogens (tertiary/aromatic N) is 1. The summed E-state index contributed by atoms with van der Waals surface area (Å²) in [7, 11) is 1.60. The van der Waals surface area contributed by atoms with Crippen LogP contribution in [-0.4, -0.2) is 48.8 Å². The second-order valence-electron chi connectivity index (χ2n) is 4.61. The Morgan fingerprint density at radius 1 is 1.33 bits per heavy atom. The smallest absolute Gasteiger partial charge is 0.323 e. The lowest BCUT2D eigenvalue weighted by Gasteiger charge is -2.20. The molecule has 2 N–H and O–H groups in total. The van der Waals surface area contributed by atoms with Crippen LogP contribution in [0, 0.1) is 0 Å². The summed E-state index contributed by atoms with van der Waals surface area (Å²) in [5.74, 6) is -0.231. The van der Waals surface area contributed by atoms with Crippen LogP contribution in [0.3, 0.4) is 0 Å². The van der Waals surface area contributed by atoms with Crippen molar-refractivity contribution in [3.63, 3.8) is 0 Å². The lowest BCUT2D eigenvalue weighted by atomic mass is 10.1. The van der Waals surface area contributed by atoms with Crippen molar-refractivity contribution in [3.05, 3.63) is 29.8 Å². The van der Waals surface area contributed by atoms with Gasteiger partial charge in [0.25, 0.3) is 0 Å². The number of carboxylic acid groups (broad SMARTS) is 1. The molecule has 1 aromatic carbocycles. The summed E-state index contributed by atoms with van der Waals surface area (Å²) in [6, 6.07) is 7.25. The van der Waals surface area contributed by atoms with E-state index in [0.717, 1.165) is 11.3 Å². The summed E-state index contributed by atoms with van der Waals surface area (Å²) in [6.07, 6.45) is 1.34. The van der Waals surface area contributed by atoms with Gasteiger partial charge in [0.2, 0.25) is 0 Å². The second kappa shape index (κ2) is 8.84. The van der Waals surface area contributed by atoms with Crippen LogP contribution in [0.5, 0.6) is 5.75 Å². The van der Waals surface area contributed by atoms with Gasteiger partial charge in [0.1, 0.15) is 12.3 Å². The molecule has 0 atom stereocenters. The first kappa shape index (κ1) is 16.8. The van der Waals surface area contributed by atoms with Crippen molar-refractivity contribution in [2.45, 2.75) is 19.8 Å². The lowest BCUT2D eigenvalue weighted by Crippen LogP contribution is -2.43. The first-order valence-electron chi connectivity index (χ1n) is 6.95. The number of carbonyl (C=O) groups excluding carboxylic acids is 1. The molecule has 0 saturated carbocycles. The van der Waals surface area contributed by atoms with E-state index >= 15 is 0 Å². The van der Waals surface area contributed by atoms with Crippen molar-refractivity contribution in [1.82, 2.24) is 10.2 Å². The fourth-order valence-corrected chi connectivity index (χ4v) is 2.01. The van der Waals surface area contributed by atoms with E-state index in [1.54, 1.807) is 7.11 Å². The zero-order chi connectivity index (χ0) is 15.7. The molecular weight excluding hydrogens is 272 g/mol. The Hall–Kier alpha value is -2.24. The third-order valence-electron chi connectivity index (χ3n) is 2.97. The van der Waals surface area contributed by atoms with Gasteiger partial charge in [-0.25, -0.2) is 4.79 Å². The van der Waals surface area contributed by atoms with Crippen molar-refractivity contribution < 1.29 is 19.4 Å². The molecule has 6 nitrogen and oxygen atoms in total. The number of para-hydroxylation sites is 1. The molecule has 0 fully saturated rings. The first-order chi connectivity index (χ1) is 10.1. The fourth-order valence-electron chi connectivity index (χ4n) is 2.01. The number of benzene rings is 1. The third kappa shape index (κ3) is 5.72. The number of hydrogen-bond acceptors (Lipinski definition) is 3. The summed E-state index contributed by atoms with van der Waals surface area (Å²) in [6.45, 7) is 2.47. The molecule has 0 radical (unpaired) electrons. The van der Waals surface area contributed by atoms with Crippen molar-refractivity contribution in [1.29, 1.82) is 0 Å². The first-order valence-corrected chi connectivity index (χ1v) is 6.95. The number of aliphatic carboxylic acids is 1. The van der Waals surface area contributed by atoms with Crippen molar-refractivity contribution in [2.24, 2.45) is 0 Å². The number of carboxylic acids is 1. The number of ether oxygens (including phenoxy) is 1. The summed E-state index contributed by atoms with van der Waals surface area (Å²) in [5, 5.41) is 11.5. The quantitative estimate of drug-likeness (QED) is 0.765. The van der Waals surface area contributed by atoms with E-state index in [9.17, 15) is 9.59 Å². The van der Waals surface area contributed by atoms with Gasteiger partial charge >= 0.3 is 12.0 Å². The van der Waals surface area contributed by atoms with E-state index in [-0.39, 0.29) is 12.6 Å². The molecule has 116 valence electrons. The van der Waals surface area contributed by atoms with Gasteiger partial charge in [-0.2, -0.15) is 0 Å². The Labute approximate surface area is 124 Å². The van der Waals surface area contributed by atoms with E-state index in [1.165, 1.54) is 4.90 Å². The molecular formula is C15H22N2O4. The minimum absolute atomic E-state index is 0.283. The Kier molecular flexibility index (Phi) is 7.08. The largest absolute Gasteiger partial charge is 0.496 e. The van der Waals surface area contributed by atoms with Gasteiger partial charge in [-0.05, 0) is 24.5 Å². The van der Waals surface area contributed by atoms with E-state index in [4.69, 9.17) is 9.84 Å². The van der Waals surface area contributed by atoms with Gasteiger partial charge in [0, 0.05) is 13.1 Å². The molecule has 2 amide bonds. The van der Waals surface area contributed by atoms with Crippen LogP contribution in [0.15, 0.2) is 24.3 Å². The molecule has 6 heteroatoms. The number of urea groups is 1. The minimum Gasteiger partial charge on any atom is -0.496 e. The van der Waals surface area contributed by atoms with Gasteiger partial charge in [0.05, 0.1) is 7.11 Å². The SMILES string of the molecule is CCCN(CC(=O)O)C(=O)NCCc1ccccc1OC. The number of methoxy groups -OCH3 is 1. The molecule has 0 unspecified atom stereocenters. The maximum absolute atomic E-state index is 11.9. The average molecular weight is 294 g/mol. The van der Waals surface area contributed by atoms with Gasteiger partial charge in [-0.3, -0.25) is 4.79 Å². The Morgan fingerprint density at radius 2 is 2.05 bits per heavy atom. The highest BCUT2D eigenvalue weighted by molar-refractivity contribution is 5.80. The van der Waals surface area contributed by atoms with Gasteiger partial charge in [-0.1, -0.05) is 25.1 Å². The zero-order valence-corrected chi connectivity index (χ0v) is 12.5. The molecule has 0 heterocycles. The highest BCUT2D eigenvalue weighted by Gasteiger charge is 2.15. The average Bonchev–Trinajstić information content (AvgIpc) is 2.46. The second-order valence-corrected chi connectivity index (χ2v) is 4.61. The Bertz CT molecular complexity index is 476. The fraction of sp³-hybridized carbons (Fsp3) is 0.467. The molecule has 1 aromatic rings. The molecule has 21 heavy (non-hydrogen) atoms. The Balaban J connectivity index is 2.49. The molecule has 0 saturated heterocycles. The van der Waals surface area contributed by atoms with Gasteiger partial charge in [0.15, 0.2) is 0 Å². The van der Waals surface area contributed by atoms with Crippen LogP contribution >= 0.6 is 0 Å². The van der Waals surface area contributed by atoms with Gasteiger partial charge < -0.3 is 20.1 Å². The summed E-state index contributed by atoms with van der Waals surface area (Å²) in [4.78, 5) is 24.0. The van der Waals surface area contributed by atoms with Crippen molar-refractivity contribution >= 4 is 12.0 Å². The van der Waals surface area contributed by atoms with Crippen LogP contribution in [0.25, 0.3) is 0 Å². The number of rotatable bonds is 8. The van der Waals surface area contributed by atoms with Crippen molar-refractivity contribution in [2.75, 3.05) is 26.7 Å². The summed E-state index contributed by atoms with van der Waals surface area (Å²) in [5.41, 5.74) is 1.00. The topological polar surface area (TPSA) is 78.9 Å². The van der Waals surface area contributed by atoms with Gasteiger partial charge in [-0.15, -0.1) is 0 Å². The standard InChI is InChI=1S/C15H22N2O4/c1-3-10-17(11-14(18)19)15(20)16-9-8-12-6-4-5-7-13(12)21-2/h4-7H,3,8-11H2,1-2H3,(H,16,20)(H,18,19). The van der Waals surface area contributed by atoms with Crippen LogP contribution < -0.4 is 10.1 Å². The predicted octanol–water partition coefficient (Wildman–Crippen LogP) is 1.74. The molecule has 0 aliphatic carbocycles. The molecule has 0 aliphatic rings. The van der Waals surface area contributed by atoms with E-state index in [1.807, 2.05) is 31.2 Å². The highest BCUT2D eigenvalue weighted by atomic mass is 16.5. The summed E-state index contributed by atoms with van der Waals surface area (Å²) >= 11 is 0. The van der Waals surface area contributed by atoms with Crippen LogP contribution in [0.2, 0.25) is 0 Å². The third-order valence-corrected chi connectivity index (χ3v) is 2.97. The number of amides is 2. The molecule has 1 rings (SSSR count). The maximum Gasteiger partial charge on any atom is 0.323 e. The van der Waals surface area contributed by atoms with Crippen LogP contribution in [0.4, 0.5) is 4.79 Å². The normalized spacial score (nSPS) is 10.0. The highest BCUT2D eigenvalue weighted by Crippen LogP contribution is 2.17. The minimum atomic E-state index is -1.01. The zero-order valence-electron chi connectivity index (χ0n) is 12.5.